The summed E-state index contributed by atoms with van der Waals surface area (Å²) >= 11 is 6.28. The van der Waals surface area contributed by atoms with Gasteiger partial charge in [-0.15, -0.1) is 0 Å². The minimum absolute atomic E-state index is 0.0868. The molecule has 132 valence electrons. The number of nitro benzene ring substituents is 1. The predicted molar refractivity (Wildman–Crippen MR) is 98.6 cm³/mol. The van der Waals surface area contributed by atoms with Gasteiger partial charge in [-0.25, -0.2) is 0 Å². The zero-order chi connectivity index (χ0) is 18.7. The number of rotatable bonds is 4. The summed E-state index contributed by atoms with van der Waals surface area (Å²) < 4.78 is 0. The van der Waals surface area contributed by atoms with Crippen LogP contribution in [0.5, 0.6) is 0 Å². The number of halogens is 1. The Morgan fingerprint density at radius 1 is 1.31 bits per heavy atom. The molecule has 0 aliphatic carbocycles. The number of aliphatic carboxylic acids is 1. The maximum absolute atomic E-state index is 11.2. The van der Waals surface area contributed by atoms with E-state index >= 15 is 0 Å². The number of hydrogen-bond acceptors (Lipinski definition) is 5. The van der Waals surface area contributed by atoms with E-state index < -0.39 is 17.4 Å². The van der Waals surface area contributed by atoms with Gasteiger partial charge >= 0.3 is 5.97 Å². The van der Waals surface area contributed by atoms with Crippen LogP contribution in [0.1, 0.15) is 11.1 Å². The van der Waals surface area contributed by atoms with Gasteiger partial charge in [0.2, 0.25) is 0 Å². The SMILES string of the molecule is O=C(O)CN=C1CN=C(c2ccccc2Cl)c2cc([N+](=O)[O-])ccc2N1. The number of carbonyl (C=O) groups is 1. The molecule has 2 aromatic rings. The van der Waals surface area contributed by atoms with Crippen molar-refractivity contribution in [2.24, 2.45) is 9.98 Å². The van der Waals surface area contributed by atoms with Crippen molar-refractivity contribution in [3.05, 3.63) is 68.7 Å². The first-order chi connectivity index (χ1) is 12.5. The number of aliphatic imine (C=N–C) groups is 2. The van der Waals surface area contributed by atoms with Gasteiger partial charge in [0.25, 0.3) is 5.69 Å². The number of non-ortho nitro benzene ring substituents is 1. The van der Waals surface area contributed by atoms with Crippen molar-refractivity contribution in [2.75, 3.05) is 18.4 Å². The van der Waals surface area contributed by atoms with E-state index in [0.29, 0.717) is 33.4 Å². The molecule has 8 nitrogen and oxygen atoms in total. The fraction of sp³-hybridized carbons (Fsp3) is 0.118. The number of nitrogens with zero attached hydrogens (tertiary/aromatic N) is 3. The lowest BCUT2D eigenvalue weighted by molar-refractivity contribution is -0.384. The first-order valence-electron chi connectivity index (χ1n) is 7.56. The molecule has 3 rings (SSSR count). The molecule has 1 heterocycles. The van der Waals surface area contributed by atoms with Crippen LogP contribution < -0.4 is 5.32 Å². The van der Waals surface area contributed by atoms with Crippen LogP contribution in [0.25, 0.3) is 0 Å². The number of nitro groups is 1. The number of fused-ring (bicyclic) bond motifs is 1. The Kier molecular flexibility index (Phi) is 4.94. The molecule has 2 N–H and O–H groups in total. The molecule has 1 aliphatic heterocycles. The lowest BCUT2D eigenvalue weighted by Gasteiger charge is -2.11. The highest BCUT2D eigenvalue weighted by molar-refractivity contribution is 6.36. The summed E-state index contributed by atoms with van der Waals surface area (Å²) in [5, 5.41) is 23.4. The van der Waals surface area contributed by atoms with Crippen molar-refractivity contribution >= 4 is 40.5 Å². The minimum Gasteiger partial charge on any atom is -0.480 e. The average molecular weight is 373 g/mol. The third-order valence-corrected chi connectivity index (χ3v) is 4.00. The van der Waals surface area contributed by atoms with Gasteiger partial charge in [0.05, 0.1) is 17.2 Å². The Balaban J connectivity index is 2.15. The molecule has 0 saturated carbocycles. The lowest BCUT2D eigenvalue weighted by atomic mass is 10.00. The summed E-state index contributed by atoms with van der Waals surface area (Å²) in [6.45, 7) is -0.308. The molecule has 0 unspecified atom stereocenters. The van der Waals surface area contributed by atoms with Crippen LogP contribution in [0, 0.1) is 10.1 Å². The number of benzodiazepines with no additional fused rings is 1. The Morgan fingerprint density at radius 3 is 2.77 bits per heavy atom. The number of hydrogen-bond donors (Lipinski definition) is 2. The van der Waals surface area contributed by atoms with Gasteiger partial charge in [-0.2, -0.15) is 0 Å². The third kappa shape index (κ3) is 3.70. The molecule has 0 amide bonds. The molecule has 26 heavy (non-hydrogen) atoms. The highest BCUT2D eigenvalue weighted by Crippen LogP contribution is 2.29. The smallest absolute Gasteiger partial charge is 0.325 e. The van der Waals surface area contributed by atoms with Crippen LogP contribution >= 0.6 is 11.6 Å². The van der Waals surface area contributed by atoms with E-state index in [4.69, 9.17) is 16.7 Å². The van der Waals surface area contributed by atoms with Gasteiger partial charge in [-0.3, -0.25) is 24.9 Å². The van der Waals surface area contributed by atoms with Crippen LogP contribution in [0.2, 0.25) is 5.02 Å². The van der Waals surface area contributed by atoms with E-state index in [1.165, 1.54) is 12.1 Å². The van der Waals surface area contributed by atoms with Crippen LogP contribution in [-0.4, -0.2) is 40.6 Å². The number of carboxylic acid groups (broad SMARTS) is 1. The molecule has 9 heteroatoms. The first-order valence-corrected chi connectivity index (χ1v) is 7.94. The Hall–Kier alpha value is -3.26. The maximum Gasteiger partial charge on any atom is 0.325 e. The first kappa shape index (κ1) is 17.6. The molecule has 0 saturated heterocycles. The maximum atomic E-state index is 11.2. The van der Waals surface area contributed by atoms with E-state index in [9.17, 15) is 14.9 Å². The fourth-order valence-electron chi connectivity index (χ4n) is 2.52. The number of benzene rings is 2. The average Bonchev–Trinajstić information content (AvgIpc) is 2.79. The summed E-state index contributed by atoms with van der Waals surface area (Å²) in [6.07, 6.45) is 0. The molecule has 2 aromatic carbocycles. The molecule has 0 atom stereocenters. The number of carboxylic acids is 1. The molecular weight excluding hydrogens is 360 g/mol. The van der Waals surface area contributed by atoms with Gasteiger partial charge < -0.3 is 10.4 Å². The van der Waals surface area contributed by atoms with Crippen molar-refractivity contribution < 1.29 is 14.8 Å². The van der Waals surface area contributed by atoms with E-state index in [1.54, 1.807) is 30.3 Å². The summed E-state index contributed by atoms with van der Waals surface area (Å²) in [5.74, 6) is -0.715. The topological polar surface area (TPSA) is 117 Å². The molecule has 1 aliphatic rings. The molecule has 0 fully saturated rings. The highest BCUT2D eigenvalue weighted by Gasteiger charge is 2.21. The van der Waals surface area contributed by atoms with Crippen molar-refractivity contribution in [3.63, 3.8) is 0 Å². The Labute approximate surface area is 153 Å². The van der Waals surface area contributed by atoms with Gasteiger partial charge in [0, 0.05) is 34.0 Å². The van der Waals surface area contributed by atoms with E-state index in [2.05, 4.69) is 15.3 Å². The number of amidine groups is 1. The zero-order valence-electron chi connectivity index (χ0n) is 13.3. The van der Waals surface area contributed by atoms with Crippen molar-refractivity contribution in [1.29, 1.82) is 0 Å². The summed E-state index contributed by atoms with van der Waals surface area (Å²) in [7, 11) is 0. The third-order valence-electron chi connectivity index (χ3n) is 3.67. The highest BCUT2D eigenvalue weighted by atomic mass is 35.5. The van der Waals surface area contributed by atoms with Gasteiger partial charge in [-0.1, -0.05) is 29.8 Å². The lowest BCUT2D eigenvalue weighted by Crippen LogP contribution is -2.17. The van der Waals surface area contributed by atoms with Crippen LogP contribution in [0.15, 0.2) is 52.4 Å². The summed E-state index contributed by atoms with van der Waals surface area (Å²) in [5.41, 5.74) is 2.04. The van der Waals surface area contributed by atoms with Gasteiger partial charge in [0.1, 0.15) is 12.4 Å². The number of nitrogens with one attached hydrogen (secondary N) is 1. The van der Waals surface area contributed by atoms with Crippen molar-refractivity contribution in [2.45, 2.75) is 0 Å². The molecule has 0 spiro atoms. The van der Waals surface area contributed by atoms with E-state index in [1.807, 2.05) is 0 Å². The molecule has 0 aromatic heterocycles. The van der Waals surface area contributed by atoms with Gasteiger partial charge in [-0.05, 0) is 12.1 Å². The summed E-state index contributed by atoms with van der Waals surface area (Å²) in [6, 6.07) is 11.3. The Bertz CT molecular complexity index is 956. The monoisotopic (exact) mass is 372 g/mol. The fourth-order valence-corrected chi connectivity index (χ4v) is 2.75. The van der Waals surface area contributed by atoms with E-state index in [-0.39, 0.29) is 12.2 Å². The van der Waals surface area contributed by atoms with Crippen molar-refractivity contribution in [1.82, 2.24) is 0 Å². The molecular formula is C17H13ClN4O4. The summed E-state index contributed by atoms with van der Waals surface area (Å²) in [4.78, 5) is 29.9. The second-order valence-electron chi connectivity index (χ2n) is 5.41. The second-order valence-corrected chi connectivity index (χ2v) is 5.82. The quantitative estimate of drug-likeness (QED) is 0.632. The van der Waals surface area contributed by atoms with Crippen LogP contribution in [0.4, 0.5) is 11.4 Å². The Morgan fingerprint density at radius 2 is 2.08 bits per heavy atom. The largest absolute Gasteiger partial charge is 0.480 e. The second kappa shape index (κ2) is 7.32. The minimum atomic E-state index is -1.07. The molecule has 0 bridgehead atoms. The normalized spacial score (nSPS) is 14.8. The van der Waals surface area contributed by atoms with Crippen molar-refractivity contribution in [3.8, 4) is 0 Å². The predicted octanol–water partition coefficient (Wildman–Crippen LogP) is 2.99. The van der Waals surface area contributed by atoms with Gasteiger partial charge in [0.15, 0.2) is 0 Å². The zero-order valence-corrected chi connectivity index (χ0v) is 14.1. The standard InChI is InChI=1S/C17H13ClN4O4/c18-13-4-2-1-3-11(13)17-12-7-10(22(25)26)5-6-14(12)21-15(8-20-17)19-9-16(23)24/h1-7H,8-9H2,(H,19,21)(H,23,24). The molecule has 0 radical (unpaired) electrons. The van der Waals surface area contributed by atoms with Crippen LogP contribution in [0.3, 0.4) is 0 Å². The van der Waals surface area contributed by atoms with E-state index in [0.717, 1.165) is 0 Å². The van der Waals surface area contributed by atoms with Crippen LogP contribution in [-0.2, 0) is 4.79 Å². The number of anilines is 1.